The van der Waals surface area contributed by atoms with Gasteiger partial charge in [0.25, 0.3) is 0 Å². The van der Waals surface area contributed by atoms with Crippen molar-refractivity contribution in [3.05, 3.63) is 102 Å². The van der Waals surface area contributed by atoms with Gasteiger partial charge in [-0.05, 0) is 117 Å². The molecule has 0 bridgehead atoms. The van der Waals surface area contributed by atoms with E-state index in [0.717, 1.165) is 35.7 Å². The van der Waals surface area contributed by atoms with Crippen molar-refractivity contribution >= 4 is 35.2 Å². The van der Waals surface area contributed by atoms with Crippen LogP contribution in [0.2, 0.25) is 0 Å². The maximum Gasteiger partial charge on any atom is 0.127 e. The van der Waals surface area contributed by atoms with Gasteiger partial charge in [0.2, 0.25) is 0 Å². The van der Waals surface area contributed by atoms with Gasteiger partial charge in [-0.1, -0.05) is 0 Å². The first-order valence-electron chi connectivity index (χ1n) is 12.4. The fourth-order valence-electron chi connectivity index (χ4n) is 3.67. The molecule has 196 valence electrons. The minimum Gasteiger partial charge on any atom is -0.457 e. The van der Waals surface area contributed by atoms with Gasteiger partial charge in [0.1, 0.15) is 18.3 Å². The summed E-state index contributed by atoms with van der Waals surface area (Å²) in [6.45, 7) is 10.2. The van der Waals surface area contributed by atoms with Crippen molar-refractivity contribution in [1.29, 1.82) is 5.26 Å². The number of benzene rings is 4. The number of aryl methyl sites for hydroxylation is 1. The molecule has 0 saturated carbocycles. The van der Waals surface area contributed by atoms with E-state index in [1.807, 2.05) is 68.3 Å². The van der Waals surface area contributed by atoms with Crippen molar-refractivity contribution < 1.29 is 9.53 Å². The van der Waals surface area contributed by atoms with E-state index in [-0.39, 0.29) is 0 Å². The van der Waals surface area contributed by atoms with Crippen LogP contribution in [0.4, 0.5) is 28.4 Å². The minimum absolute atomic E-state index is 0.593. The summed E-state index contributed by atoms with van der Waals surface area (Å²) in [7, 11) is 0. The standard InChI is InChI=1S/C30H28N6O.CH2O/c1-4-36(5-2)27-13-8-24(9-14-27)32-34-26-12-19-30(22(3)20-26)35-33-25-10-17-29(18-11-25)37-28-15-6-23(21-31)7-16-28;1-2/h6-20H,4-5H2,1-3H3;1H2. The van der Waals surface area contributed by atoms with Gasteiger partial charge in [0, 0.05) is 18.8 Å². The van der Waals surface area contributed by atoms with Gasteiger partial charge in [-0.15, -0.1) is 0 Å². The molecule has 0 radical (unpaired) electrons. The second-order valence-corrected chi connectivity index (χ2v) is 8.29. The number of azo groups is 2. The molecule has 4 aromatic carbocycles. The SMILES string of the molecule is C=O.CCN(CC)c1ccc(N=Nc2ccc(N=Nc3ccc(Oc4ccc(C#N)cc4)cc3)c(C)c2)cc1. The number of anilines is 1. The van der Waals surface area contributed by atoms with Gasteiger partial charge < -0.3 is 14.4 Å². The molecule has 0 atom stereocenters. The summed E-state index contributed by atoms with van der Waals surface area (Å²) in [6.07, 6.45) is 0. The van der Waals surface area contributed by atoms with Gasteiger partial charge in [-0.3, -0.25) is 0 Å². The third-order valence-corrected chi connectivity index (χ3v) is 5.77. The van der Waals surface area contributed by atoms with Crippen molar-refractivity contribution in [1.82, 2.24) is 0 Å². The maximum absolute atomic E-state index is 8.89. The predicted octanol–water partition coefficient (Wildman–Crippen LogP) is 9.15. The number of hydrogen-bond acceptors (Lipinski definition) is 8. The molecule has 0 unspecified atom stereocenters. The molecule has 4 rings (SSSR count). The van der Waals surface area contributed by atoms with Crippen LogP contribution >= 0.6 is 0 Å². The van der Waals surface area contributed by atoms with Crippen molar-refractivity contribution in [2.75, 3.05) is 18.0 Å². The molecule has 8 heteroatoms. The van der Waals surface area contributed by atoms with Crippen LogP contribution in [0.1, 0.15) is 25.0 Å². The Kier molecular flexibility index (Phi) is 10.6. The first kappa shape index (κ1) is 28.4. The lowest BCUT2D eigenvalue weighted by Gasteiger charge is -2.20. The Morgan fingerprint density at radius 2 is 1.21 bits per heavy atom. The molecule has 0 spiro atoms. The minimum atomic E-state index is 0.593. The van der Waals surface area contributed by atoms with Crippen molar-refractivity contribution in [3.8, 4) is 17.6 Å². The van der Waals surface area contributed by atoms with Gasteiger partial charge in [0.05, 0.1) is 34.4 Å². The van der Waals surface area contributed by atoms with Crippen molar-refractivity contribution in [2.45, 2.75) is 20.8 Å². The summed E-state index contributed by atoms with van der Waals surface area (Å²) in [5.74, 6) is 1.34. The highest BCUT2D eigenvalue weighted by molar-refractivity contribution is 5.55. The van der Waals surface area contributed by atoms with Crippen LogP contribution in [-0.2, 0) is 4.79 Å². The third kappa shape index (κ3) is 8.17. The van der Waals surface area contributed by atoms with Crippen LogP contribution < -0.4 is 9.64 Å². The topological polar surface area (TPSA) is 103 Å². The van der Waals surface area contributed by atoms with Crippen LogP contribution in [-0.4, -0.2) is 19.9 Å². The molecule has 0 aliphatic heterocycles. The van der Waals surface area contributed by atoms with Crippen LogP contribution in [0, 0.1) is 18.3 Å². The Bertz CT molecular complexity index is 1440. The second kappa shape index (κ2) is 14.5. The van der Waals surface area contributed by atoms with E-state index in [0.29, 0.717) is 22.7 Å². The molecule has 8 nitrogen and oxygen atoms in total. The van der Waals surface area contributed by atoms with Gasteiger partial charge in [-0.2, -0.15) is 25.7 Å². The quantitative estimate of drug-likeness (QED) is 0.206. The van der Waals surface area contributed by atoms with Crippen LogP contribution in [0.5, 0.6) is 11.5 Å². The van der Waals surface area contributed by atoms with Crippen molar-refractivity contribution in [3.63, 3.8) is 0 Å². The van der Waals surface area contributed by atoms with Gasteiger partial charge >= 0.3 is 0 Å². The largest absolute Gasteiger partial charge is 0.457 e. The summed E-state index contributed by atoms with van der Waals surface area (Å²) in [4.78, 5) is 10.3. The molecule has 0 fully saturated rings. The summed E-state index contributed by atoms with van der Waals surface area (Å²) < 4.78 is 5.81. The second-order valence-electron chi connectivity index (χ2n) is 8.29. The zero-order valence-electron chi connectivity index (χ0n) is 22.3. The van der Waals surface area contributed by atoms with E-state index in [2.05, 4.69) is 57.4 Å². The smallest absolute Gasteiger partial charge is 0.127 e. The van der Waals surface area contributed by atoms with E-state index >= 15 is 0 Å². The number of ether oxygens (including phenoxy) is 1. The average Bonchev–Trinajstić information content (AvgIpc) is 2.99. The first-order valence-corrected chi connectivity index (χ1v) is 12.4. The van der Waals surface area contributed by atoms with E-state index in [1.165, 1.54) is 5.69 Å². The fraction of sp³-hybridized carbons (Fsp3) is 0.161. The highest BCUT2D eigenvalue weighted by atomic mass is 16.5. The molecule has 0 aliphatic carbocycles. The van der Waals surface area contributed by atoms with E-state index in [1.54, 1.807) is 24.3 Å². The number of carbonyl (C=O) groups is 1. The molecule has 0 N–H and O–H groups in total. The molecule has 0 saturated heterocycles. The van der Waals surface area contributed by atoms with Gasteiger partial charge in [0.15, 0.2) is 0 Å². The normalized spacial score (nSPS) is 10.6. The van der Waals surface area contributed by atoms with E-state index in [4.69, 9.17) is 14.8 Å². The average molecular weight is 519 g/mol. The Morgan fingerprint density at radius 1 is 0.718 bits per heavy atom. The van der Waals surface area contributed by atoms with Crippen molar-refractivity contribution in [2.24, 2.45) is 20.5 Å². The Morgan fingerprint density at radius 3 is 1.74 bits per heavy atom. The summed E-state index contributed by atoms with van der Waals surface area (Å²) in [6, 6.07) is 30.2. The number of hydrogen-bond donors (Lipinski definition) is 0. The fourth-order valence-corrected chi connectivity index (χ4v) is 3.67. The van der Waals surface area contributed by atoms with Gasteiger partial charge in [-0.25, -0.2) is 0 Å². The highest BCUT2D eigenvalue weighted by Crippen LogP contribution is 2.29. The monoisotopic (exact) mass is 518 g/mol. The molecule has 0 aliphatic rings. The molecule has 0 amide bonds. The summed E-state index contributed by atoms with van der Waals surface area (Å²) >= 11 is 0. The maximum atomic E-state index is 8.89. The summed E-state index contributed by atoms with van der Waals surface area (Å²) in [5, 5.41) is 26.4. The molecule has 0 aromatic heterocycles. The number of nitriles is 1. The van der Waals surface area contributed by atoms with Crippen LogP contribution in [0.25, 0.3) is 0 Å². The lowest BCUT2D eigenvalue weighted by Crippen LogP contribution is -2.21. The van der Waals surface area contributed by atoms with Crippen LogP contribution in [0.15, 0.2) is 111 Å². The third-order valence-electron chi connectivity index (χ3n) is 5.77. The number of rotatable bonds is 9. The summed E-state index contributed by atoms with van der Waals surface area (Å²) in [5.41, 5.74) is 5.78. The lowest BCUT2D eigenvalue weighted by atomic mass is 10.2. The predicted molar refractivity (Wildman–Crippen MR) is 154 cm³/mol. The zero-order chi connectivity index (χ0) is 28.0. The van der Waals surface area contributed by atoms with E-state index < -0.39 is 0 Å². The highest BCUT2D eigenvalue weighted by Gasteiger charge is 2.03. The zero-order valence-corrected chi connectivity index (χ0v) is 22.3. The van der Waals surface area contributed by atoms with E-state index in [9.17, 15) is 0 Å². The van der Waals surface area contributed by atoms with Crippen LogP contribution in [0.3, 0.4) is 0 Å². The molecule has 39 heavy (non-hydrogen) atoms. The lowest BCUT2D eigenvalue weighted by molar-refractivity contribution is -0.0980. The number of nitrogens with zero attached hydrogens (tertiary/aromatic N) is 6. The number of carbonyl (C=O) groups excluding carboxylic acids is 1. The Hall–Kier alpha value is -5.16. The molecular weight excluding hydrogens is 488 g/mol. The molecule has 4 aromatic rings. The molecular formula is C31H30N6O2. The Balaban J connectivity index is 0.00000205. The Labute approximate surface area is 228 Å². The molecule has 0 heterocycles. The first-order chi connectivity index (χ1) is 19.1.